The van der Waals surface area contributed by atoms with Gasteiger partial charge in [-0.05, 0) is 17.7 Å². The number of aromatic nitrogens is 2. The van der Waals surface area contributed by atoms with Gasteiger partial charge in [0, 0.05) is 0 Å². The highest BCUT2D eigenvalue weighted by Crippen LogP contribution is 2.14. The third-order valence-corrected chi connectivity index (χ3v) is 3.45. The van der Waals surface area contributed by atoms with Crippen LogP contribution in [0.15, 0.2) is 54.6 Å². The smallest absolute Gasteiger partial charge is 0.323 e. The van der Waals surface area contributed by atoms with Gasteiger partial charge in [-0.25, -0.2) is 0 Å². The molecule has 0 spiro atoms. The van der Waals surface area contributed by atoms with E-state index < -0.39 is 5.97 Å². The summed E-state index contributed by atoms with van der Waals surface area (Å²) in [4.78, 5) is 11.0. The summed E-state index contributed by atoms with van der Waals surface area (Å²) < 4.78 is 3.34. The van der Waals surface area contributed by atoms with Crippen LogP contribution in [0.5, 0.6) is 0 Å². The van der Waals surface area contributed by atoms with E-state index in [-0.39, 0.29) is 24.6 Å². The Kier molecular flexibility index (Phi) is 4.68. The molecule has 1 heterocycles. The van der Waals surface area contributed by atoms with Crippen LogP contribution >= 0.6 is 12.4 Å². The summed E-state index contributed by atoms with van der Waals surface area (Å²) in [5, 5.41) is 17.3. The molecule has 0 amide bonds. The molecule has 0 bridgehead atoms. The lowest BCUT2D eigenvalue weighted by atomic mass is 10.2. The second-order valence-electron chi connectivity index (χ2n) is 4.86. The fraction of sp³-hybridized carbons (Fsp3) is 0.125. The molecule has 0 fully saturated rings. The number of nitrogens with zero attached hydrogens (tertiary/aromatic N) is 2. The van der Waals surface area contributed by atoms with Crippen LogP contribution < -0.4 is 5.62 Å². The Morgan fingerprint density at radius 3 is 2.09 bits per heavy atom. The van der Waals surface area contributed by atoms with Gasteiger partial charge in [-0.3, -0.25) is 14.8 Å². The fourth-order valence-corrected chi connectivity index (χ4v) is 2.52. The van der Waals surface area contributed by atoms with Gasteiger partial charge >= 0.3 is 5.97 Å². The highest BCUT2D eigenvalue weighted by molar-refractivity contribution is 5.85. The second kappa shape index (κ2) is 6.49. The molecule has 114 valence electrons. The first-order valence-corrected chi connectivity index (χ1v) is 6.65. The third-order valence-electron chi connectivity index (χ3n) is 3.45. The van der Waals surface area contributed by atoms with Gasteiger partial charge in [0.2, 0.25) is 5.62 Å². The number of aliphatic carboxylic acids is 1. The lowest BCUT2D eigenvalue weighted by Crippen LogP contribution is -2.27. The van der Waals surface area contributed by atoms with Gasteiger partial charge in [-0.1, -0.05) is 42.5 Å². The van der Waals surface area contributed by atoms with Crippen LogP contribution in [-0.2, 0) is 17.9 Å². The summed E-state index contributed by atoms with van der Waals surface area (Å²) in [6.45, 7) is 0.341. The number of carbonyl (C=O) groups is 1. The van der Waals surface area contributed by atoms with E-state index in [0.29, 0.717) is 6.54 Å². The van der Waals surface area contributed by atoms with E-state index in [9.17, 15) is 4.79 Å². The van der Waals surface area contributed by atoms with Crippen molar-refractivity contribution in [1.29, 1.82) is 5.41 Å². The van der Waals surface area contributed by atoms with E-state index in [0.717, 1.165) is 16.6 Å². The molecule has 3 aromatic rings. The standard InChI is InChI=1S/C16H15N3O2.ClH/c17-16-18(10-12-6-2-1-3-7-12)13-8-4-5-9-14(13)19(16)11-15(20)21;/h1-9,17H,10-11H2,(H,20,21);1H. The Morgan fingerprint density at radius 2 is 1.50 bits per heavy atom. The minimum Gasteiger partial charge on any atom is -0.480 e. The molecule has 22 heavy (non-hydrogen) atoms. The zero-order chi connectivity index (χ0) is 14.8. The van der Waals surface area contributed by atoms with Gasteiger partial charge in [-0.2, -0.15) is 0 Å². The van der Waals surface area contributed by atoms with Crippen LogP contribution in [0.4, 0.5) is 0 Å². The molecule has 0 radical (unpaired) electrons. The van der Waals surface area contributed by atoms with Gasteiger partial charge in [0.25, 0.3) is 0 Å². The van der Waals surface area contributed by atoms with Crippen LogP contribution in [0.3, 0.4) is 0 Å². The molecule has 0 unspecified atom stereocenters. The molecule has 0 aliphatic rings. The van der Waals surface area contributed by atoms with Crippen LogP contribution in [0.2, 0.25) is 0 Å². The first-order valence-electron chi connectivity index (χ1n) is 6.65. The van der Waals surface area contributed by atoms with Crippen LogP contribution in [-0.4, -0.2) is 20.2 Å². The predicted octanol–water partition coefficient (Wildman–Crippen LogP) is 2.48. The van der Waals surface area contributed by atoms with E-state index in [1.165, 1.54) is 4.57 Å². The third kappa shape index (κ3) is 2.89. The minimum atomic E-state index is -0.948. The minimum absolute atomic E-state index is 0. The first-order chi connectivity index (χ1) is 10.2. The maximum atomic E-state index is 11.0. The summed E-state index contributed by atoms with van der Waals surface area (Å²) in [6, 6.07) is 17.4. The second-order valence-corrected chi connectivity index (χ2v) is 4.86. The van der Waals surface area contributed by atoms with E-state index in [1.807, 2.05) is 59.2 Å². The normalized spacial score (nSPS) is 10.4. The van der Waals surface area contributed by atoms with Crippen molar-refractivity contribution >= 4 is 29.4 Å². The molecule has 0 aliphatic heterocycles. The number of nitrogens with one attached hydrogen (secondary N) is 1. The number of benzene rings is 2. The number of carboxylic acid groups (broad SMARTS) is 1. The molecule has 5 nitrogen and oxygen atoms in total. The van der Waals surface area contributed by atoms with Crippen molar-refractivity contribution in [1.82, 2.24) is 9.13 Å². The quantitative estimate of drug-likeness (QED) is 0.776. The van der Waals surface area contributed by atoms with Crippen LogP contribution in [0, 0.1) is 5.41 Å². The molecule has 0 saturated heterocycles. The lowest BCUT2D eigenvalue weighted by molar-refractivity contribution is -0.137. The number of imidazole rings is 1. The number of hydrogen-bond donors (Lipinski definition) is 2. The summed E-state index contributed by atoms with van der Waals surface area (Å²) >= 11 is 0. The summed E-state index contributed by atoms with van der Waals surface area (Å²) in [6.07, 6.45) is 0. The molecular weight excluding hydrogens is 302 g/mol. The van der Waals surface area contributed by atoms with Crippen molar-refractivity contribution in [3.05, 3.63) is 65.8 Å². The SMILES string of the molecule is Cl.N=c1n(CC(=O)O)c2ccccc2n1Cc1ccccc1. The van der Waals surface area contributed by atoms with Crippen molar-refractivity contribution in [3.8, 4) is 0 Å². The molecule has 3 rings (SSSR count). The molecular formula is C16H16ClN3O2. The van der Waals surface area contributed by atoms with Crippen molar-refractivity contribution < 1.29 is 9.90 Å². The number of hydrogen-bond acceptors (Lipinski definition) is 2. The summed E-state index contributed by atoms with van der Waals surface area (Å²) in [5.41, 5.74) is 2.91. The molecule has 0 saturated carbocycles. The number of carboxylic acids is 1. The Balaban J connectivity index is 0.00000176. The highest BCUT2D eigenvalue weighted by Gasteiger charge is 2.12. The molecule has 1 aromatic heterocycles. The fourth-order valence-electron chi connectivity index (χ4n) is 2.52. The monoisotopic (exact) mass is 317 g/mol. The van der Waals surface area contributed by atoms with E-state index in [1.54, 1.807) is 0 Å². The number of halogens is 1. The van der Waals surface area contributed by atoms with Gasteiger partial charge in [-0.15, -0.1) is 12.4 Å². The molecule has 2 N–H and O–H groups in total. The molecule has 0 aliphatic carbocycles. The summed E-state index contributed by atoms with van der Waals surface area (Å²) in [5.74, 6) is -0.948. The number of fused-ring (bicyclic) bond motifs is 1. The Morgan fingerprint density at radius 1 is 0.955 bits per heavy atom. The Bertz CT molecular complexity index is 853. The van der Waals surface area contributed by atoms with Crippen LogP contribution in [0.1, 0.15) is 5.56 Å². The molecule has 6 heteroatoms. The van der Waals surface area contributed by atoms with Crippen molar-refractivity contribution in [2.24, 2.45) is 0 Å². The zero-order valence-electron chi connectivity index (χ0n) is 11.8. The Hall–Kier alpha value is -2.53. The average molecular weight is 318 g/mol. The van der Waals surface area contributed by atoms with Crippen molar-refractivity contribution in [2.45, 2.75) is 13.1 Å². The average Bonchev–Trinajstić information content (AvgIpc) is 2.74. The van der Waals surface area contributed by atoms with Gasteiger partial charge in [0.05, 0.1) is 17.6 Å². The lowest BCUT2D eigenvalue weighted by Gasteiger charge is -2.04. The van der Waals surface area contributed by atoms with E-state index >= 15 is 0 Å². The van der Waals surface area contributed by atoms with Crippen molar-refractivity contribution in [2.75, 3.05) is 0 Å². The number of para-hydroxylation sites is 2. The maximum absolute atomic E-state index is 11.0. The van der Waals surface area contributed by atoms with E-state index in [2.05, 4.69) is 0 Å². The van der Waals surface area contributed by atoms with Gasteiger partial charge in [0.15, 0.2) is 0 Å². The molecule has 2 aromatic carbocycles. The maximum Gasteiger partial charge on any atom is 0.323 e. The summed E-state index contributed by atoms with van der Waals surface area (Å²) in [7, 11) is 0. The van der Waals surface area contributed by atoms with Gasteiger partial charge in [0.1, 0.15) is 6.54 Å². The largest absolute Gasteiger partial charge is 0.480 e. The van der Waals surface area contributed by atoms with Gasteiger partial charge < -0.3 is 9.67 Å². The van der Waals surface area contributed by atoms with Crippen LogP contribution in [0.25, 0.3) is 11.0 Å². The zero-order valence-corrected chi connectivity index (χ0v) is 12.6. The molecule has 0 atom stereocenters. The topological polar surface area (TPSA) is 71.0 Å². The van der Waals surface area contributed by atoms with E-state index in [4.69, 9.17) is 10.5 Å². The number of rotatable bonds is 4. The Labute approximate surface area is 133 Å². The predicted molar refractivity (Wildman–Crippen MR) is 86.2 cm³/mol. The first kappa shape index (κ1) is 15.9. The van der Waals surface area contributed by atoms with Crippen molar-refractivity contribution in [3.63, 3.8) is 0 Å². The highest BCUT2D eigenvalue weighted by atomic mass is 35.5.